The first-order chi connectivity index (χ1) is 32.5. The lowest BCUT2D eigenvalue weighted by Crippen LogP contribution is -2.34. The van der Waals surface area contributed by atoms with E-state index in [0.29, 0.717) is 23.0 Å². The zero-order valence-corrected chi connectivity index (χ0v) is 44.0. The topological polar surface area (TPSA) is 40.6 Å². The maximum absolute atomic E-state index is 15.5. The molecule has 2 atom stereocenters. The number of benzene rings is 2. The van der Waals surface area contributed by atoms with E-state index >= 15 is 9.59 Å². The summed E-state index contributed by atoms with van der Waals surface area (Å²) in [5, 5.41) is 2.32. The second-order valence-corrected chi connectivity index (χ2v) is 22.6. The van der Waals surface area contributed by atoms with Crippen LogP contribution in [0.3, 0.4) is 0 Å². The molecule has 364 valence electrons. The quantitative estimate of drug-likeness (QED) is 0.0337. The second kappa shape index (κ2) is 29.2. The van der Waals surface area contributed by atoms with Crippen LogP contribution in [0.2, 0.25) is 0 Å². The van der Waals surface area contributed by atoms with Crippen LogP contribution >= 0.6 is 22.7 Å². The van der Waals surface area contributed by atoms with Gasteiger partial charge in [-0.2, -0.15) is 0 Å². The maximum atomic E-state index is 15.5. The van der Waals surface area contributed by atoms with Crippen LogP contribution in [-0.2, 0) is 9.59 Å². The SMILES string of the molecule is CCCCCCCCCCC(CCCCCCCC)CN1C(=O)C(=C2C(=O)N(C[C@H](CCCCCCCC)CCCCCCCCCC)c3c2sc2ccccc32)c2sc3ccccc3c21. The van der Waals surface area contributed by atoms with Gasteiger partial charge in [0.1, 0.15) is 0 Å². The fraction of sp³-hybridized carbons (Fsp3) is 0.667. The molecule has 0 N–H and O–H groups in total. The van der Waals surface area contributed by atoms with Gasteiger partial charge < -0.3 is 9.80 Å². The predicted octanol–water partition coefficient (Wildman–Crippen LogP) is 19.5. The lowest BCUT2D eigenvalue weighted by atomic mass is 9.93. The van der Waals surface area contributed by atoms with E-state index < -0.39 is 0 Å². The summed E-state index contributed by atoms with van der Waals surface area (Å²) in [6, 6.07) is 17.4. The van der Waals surface area contributed by atoms with Crippen LogP contribution in [-0.4, -0.2) is 24.9 Å². The van der Waals surface area contributed by atoms with Crippen LogP contribution in [0.1, 0.15) is 243 Å². The molecule has 2 aromatic carbocycles. The van der Waals surface area contributed by atoms with Crippen molar-refractivity contribution in [2.75, 3.05) is 22.9 Å². The molecule has 4 aromatic rings. The van der Waals surface area contributed by atoms with Gasteiger partial charge in [-0.1, -0.05) is 244 Å². The second-order valence-electron chi connectivity index (χ2n) is 20.5. The van der Waals surface area contributed by atoms with Gasteiger partial charge in [-0.3, -0.25) is 9.59 Å². The van der Waals surface area contributed by atoms with E-state index in [1.807, 2.05) is 0 Å². The third-order valence-corrected chi connectivity index (χ3v) is 17.4. The number of amides is 2. The average Bonchev–Trinajstić information content (AvgIpc) is 4.04. The molecule has 0 saturated carbocycles. The molecule has 66 heavy (non-hydrogen) atoms. The van der Waals surface area contributed by atoms with Crippen LogP contribution in [0.25, 0.3) is 31.3 Å². The Kier molecular flexibility index (Phi) is 23.2. The molecule has 1 unspecified atom stereocenters. The molecule has 2 aliphatic rings. The number of rotatable bonds is 36. The number of anilines is 2. The summed E-state index contributed by atoms with van der Waals surface area (Å²) in [6.07, 6.45) is 41.3. The Morgan fingerprint density at radius 1 is 0.379 bits per heavy atom. The first kappa shape index (κ1) is 52.4. The molecule has 0 fully saturated rings. The van der Waals surface area contributed by atoms with Gasteiger partial charge in [-0.05, 0) is 49.7 Å². The summed E-state index contributed by atoms with van der Waals surface area (Å²) < 4.78 is 2.41. The Balaban J connectivity index is 1.29. The Labute approximate surface area is 410 Å². The van der Waals surface area contributed by atoms with Crippen molar-refractivity contribution in [3.8, 4) is 0 Å². The van der Waals surface area contributed by atoms with Gasteiger partial charge >= 0.3 is 0 Å². The fourth-order valence-corrected chi connectivity index (χ4v) is 13.6. The van der Waals surface area contributed by atoms with E-state index in [4.69, 9.17) is 0 Å². The van der Waals surface area contributed by atoms with E-state index in [2.05, 4.69) is 86.0 Å². The van der Waals surface area contributed by atoms with Crippen molar-refractivity contribution < 1.29 is 9.59 Å². The molecular formula is C60H90N2O2S2. The smallest absolute Gasteiger partial charge is 0.260 e. The molecule has 2 aliphatic heterocycles. The first-order valence-corrected chi connectivity index (χ1v) is 29.6. The van der Waals surface area contributed by atoms with Crippen LogP contribution in [0, 0.1) is 11.8 Å². The number of unbranched alkanes of at least 4 members (excludes halogenated alkanes) is 24. The maximum Gasteiger partial charge on any atom is 0.260 e. The van der Waals surface area contributed by atoms with Crippen molar-refractivity contribution in [2.45, 2.75) is 233 Å². The van der Waals surface area contributed by atoms with Crippen molar-refractivity contribution >= 4 is 77.2 Å². The molecule has 6 heteroatoms. The highest BCUT2D eigenvalue weighted by Crippen LogP contribution is 2.56. The highest BCUT2D eigenvalue weighted by atomic mass is 32.1. The third kappa shape index (κ3) is 14.5. The molecule has 0 saturated heterocycles. The monoisotopic (exact) mass is 935 g/mol. The van der Waals surface area contributed by atoms with E-state index in [1.165, 1.54) is 215 Å². The van der Waals surface area contributed by atoms with E-state index in [9.17, 15) is 0 Å². The van der Waals surface area contributed by atoms with Gasteiger partial charge in [-0.25, -0.2) is 0 Å². The lowest BCUT2D eigenvalue weighted by molar-refractivity contribution is -0.114. The minimum atomic E-state index is 0.0574. The number of thiophene rings is 2. The number of fused-ring (bicyclic) bond motifs is 6. The summed E-state index contributed by atoms with van der Waals surface area (Å²) in [5.41, 5.74) is 3.48. The molecule has 4 heterocycles. The summed E-state index contributed by atoms with van der Waals surface area (Å²) in [7, 11) is 0. The van der Waals surface area contributed by atoms with E-state index in [0.717, 1.165) is 45.0 Å². The summed E-state index contributed by atoms with van der Waals surface area (Å²) in [4.78, 5) is 37.3. The molecule has 6 rings (SSSR count). The Morgan fingerprint density at radius 3 is 0.955 bits per heavy atom. The Bertz CT molecular complexity index is 1930. The van der Waals surface area contributed by atoms with Crippen molar-refractivity contribution in [1.82, 2.24) is 0 Å². The normalized spacial score (nSPS) is 15.8. The van der Waals surface area contributed by atoms with Crippen LogP contribution in [0.15, 0.2) is 48.5 Å². The number of hydrogen-bond acceptors (Lipinski definition) is 4. The molecule has 0 radical (unpaired) electrons. The van der Waals surface area contributed by atoms with Gasteiger partial charge in [-0.15, -0.1) is 22.7 Å². The van der Waals surface area contributed by atoms with Gasteiger partial charge in [0.05, 0.1) is 32.3 Å². The minimum Gasteiger partial charge on any atom is -0.306 e. The fourth-order valence-electron chi connectivity index (χ4n) is 11.1. The minimum absolute atomic E-state index is 0.0574. The summed E-state index contributed by atoms with van der Waals surface area (Å²) in [6.45, 7) is 10.7. The zero-order chi connectivity index (χ0) is 46.4. The van der Waals surface area contributed by atoms with E-state index in [1.54, 1.807) is 22.7 Å². The van der Waals surface area contributed by atoms with Gasteiger partial charge in [0.15, 0.2) is 0 Å². The van der Waals surface area contributed by atoms with Crippen molar-refractivity contribution in [2.24, 2.45) is 11.8 Å². The van der Waals surface area contributed by atoms with Crippen LogP contribution < -0.4 is 9.80 Å². The summed E-state index contributed by atoms with van der Waals surface area (Å²) >= 11 is 3.46. The first-order valence-electron chi connectivity index (χ1n) is 27.9. The Morgan fingerprint density at radius 2 is 0.652 bits per heavy atom. The molecule has 0 bridgehead atoms. The largest absolute Gasteiger partial charge is 0.306 e. The molecule has 0 spiro atoms. The molecule has 2 amide bonds. The van der Waals surface area contributed by atoms with Crippen molar-refractivity contribution in [3.63, 3.8) is 0 Å². The highest BCUT2D eigenvalue weighted by Gasteiger charge is 2.46. The average molecular weight is 936 g/mol. The standard InChI is InChI=1S/C60H90N2O2S2/c1-5-9-13-17-21-23-27-31-39-47(37-29-25-19-15-11-7-3)45-61-55-49-41-33-35-43-51(49)65-57(55)53(59(61)63)54-58-56(50-42-34-36-44-52(50)66-58)62(60(54)64)46-48(38-30-26-20-16-12-8-4)40-32-28-24-22-18-14-10-6-2/h33-36,41-44,47-48H,5-32,37-40,45-46H2,1-4H3/t47-,48?/m1/s1. The Hall–Kier alpha value is -2.96. The summed E-state index contributed by atoms with van der Waals surface area (Å²) in [5.74, 6) is 1.01. The van der Waals surface area contributed by atoms with Crippen LogP contribution in [0.4, 0.5) is 11.4 Å². The molecular weight excluding hydrogens is 845 g/mol. The number of hydrogen-bond donors (Lipinski definition) is 0. The van der Waals surface area contributed by atoms with Crippen molar-refractivity contribution in [1.29, 1.82) is 0 Å². The number of carbonyl (C=O) groups is 2. The molecule has 4 nitrogen and oxygen atoms in total. The van der Waals surface area contributed by atoms with Gasteiger partial charge in [0.2, 0.25) is 0 Å². The molecule has 0 aliphatic carbocycles. The van der Waals surface area contributed by atoms with Gasteiger partial charge in [0.25, 0.3) is 11.8 Å². The van der Waals surface area contributed by atoms with Gasteiger partial charge in [0, 0.05) is 33.3 Å². The van der Waals surface area contributed by atoms with Crippen molar-refractivity contribution in [3.05, 3.63) is 58.3 Å². The lowest BCUT2D eigenvalue weighted by Gasteiger charge is -2.25. The van der Waals surface area contributed by atoms with Crippen LogP contribution in [0.5, 0.6) is 0 Å². The third-order valence-electron chi connectivity index (χ3n) is 15.0. The molecule has 2 aromatic heterocycles. The highest BCUT2D eigenvalue weighted by molar-refractivity contribution is 7.23. The van der Waals surface area contributed by atoms with E-state index in [-0.39, 0.29) is 11.8 Å². The number of nitrogens with zero attached hydrogens (tertiary/aromatic N) is 2. The number of carbonyl (C=O) groups excluding carboxylic acids is 2. The predicted molar refractivity (Wildman–Crippen MR) is 293 cm³/mol. The zero-order valence-electron chi connectivity index (χ0n) is 42.3.